The Balaban J connectivity index is 1.93. The van der Waals surface area contributed by atoms with Gasteiger partial charge < -0.3 is 5.32 Å². The summed E-state index contributed by atoms with van der Waals surface area (Å²) in [5, 5.41) is 3.75. The summed E-state index contributed by atoms with van der Waals surface area (Å²) in [6.45, 7) is 13.1. The second-order valence-corrected chi connectivity index (χ2v) is 6.56. The fourth-order valence-corrected chi connectivity index (χ4v) is 2.68. The van der Waals surface area contributed by atoms with Gasteiger partial charge in [0.05, 0.1) is 0 Å². The lowest BCUT2D eigenvalue weighted by atomic mass is 9.93. The third-order valence-electron chi connectivity index (χ3n) is 4.49. The Morgan fingerprint density at radius 2 is 2.06 bits per heavy atom. The third-order valence-corrected chi connectivity index (χ3v) is 4.49. The van der Waals surface area contributed by atoms with E-state index in [2.05, 4.69) is 37.9 Å². The van der Waals surface area contributed by atoms with Crippen LogP contribution >= 0.6 is 0 Å². The quantitative estimate of drug-likeness (QED) is 0.789. The van der Waals surface area contributed by atoms with Crippen LogP contribution in [0.2, 0.25) is 0 Å². The largest absolute Gasteiger partial charge is 0.311 e. The van der Waals surface area contributed by atoms with E-state index in [1.807, 2.05) is 0 Å². The van der Waals surface area contributed by atoms with Crippen molar-refractivity contribution in [3.63, 3.8) is 0 Å². The zero-order chi connectivity index (χ0) is 11.8. The summed E-state index contributed by atoms with van der Waals surface area (Å²) in [7, 11) is 0. The number of nitrogens with one attached hydrogen (secondary N) is 1. The van der Waals surface area contributed by atoms with Crippen molar-refractivity contribution in [2.24, 2.45) is 11.8 Å². The van der Waals surface area contributed by atoms with Gasteiger partial charge in [-0.3, -0.25) is 4.90 Å². The molecule has 0 aromatic carbocycles. The normalized spacial score (nSPS) is 32.6. The topological polar surface area (TPSA) is 15.3 Å². The van der Waals surface area contributed by atoms with Crippen LogP contribution in [0.5, 0.6) is 0 Å². The van der Waals surface area contributed by atoms with Crippen molar-refractivity contribution in [2.45, 2.75) is 58.5 Å². The molecule has 1 saturated heterocycles. The maximum atomic E-state index is 3.75. The fraction of sp³-hybridized carbons (Fsp3) is 1.00. The van der Waals surface area contributed by atoms with Crippen molar-refractivity contribution in [2.75, 3.05) is 19.6 Å². The highest BCUT2D eigenvalue weighted by Crippen LogP contribution is 2.35. The van der Waals surface area contributed by atoms with Gasteiger partial charge in [-0.25, -0.2) is 0 Å². The summed E-state index contributed by atoms with van der Waals surface area (Å²) in [6, 6.07) is 0.775. The second kappa shape index (κ2) is 4.66. The lowest BCUT2D eigenvalue weighted by Crippen LogP contribution is -2.63. The van der Waals surface area contributed by atoms with Crippen LogP contribution in [0.25, 0.3) is 0 Å². The molecule has 2 nitrogen and oxygen atoms in total. The van der Waals surface area contributed by atoms with Gasteiger partial charge in [0.2, 0.25) is 0 Å². The first-order valence-electron chi connectivity index (χ1n) is 7.01. The number of piperazine rings is 1. The lowest BCUT2D eigenvalue weighted by molar-refractivity contribution is 0.0475. The van der Waals surface area contributed by atoms with Crippen molar-refractivity contribution in [1.82, 2.24) is 10.2 Å². The van der Waals surface area contributed by atoms with E-state index >= 15 is 0 Å². The Kier molecular flexibility index (Phi) is 3.60. The number of rotatable bonds is 4. The van der Waals surface area contributed by atoms with Crippen molar-refractivity contribution >= 4 is 0 Å². The maximum Gasteiger partial charge on any atom is 0.0278 e. The van der Waals surface area contributed by atoms with Crippen LogP contribution in [-0.4, -0.2) is 36.1 Å². The van der Waals surface area contributed by atoms with Crippen LogP contribution in [0, 0.1) is 11.8 Å². The first-order chi connectivity index (χ1) is 7.53. The Hall–Kier alpha value is -0.0800. The van der Waals surface area contributed by atoms with Crippen LogP contribution < -0.4 is 5.32 Å². The Bertz CT molecular complexity index is 233. The van der Waals surface area contributed by atoms with Gasteiger partial charge in [0, 0.05) is 31.2 Å². The van der Waals surface area contributed by atoms with Crippen LogP contribution in [0.3, 0.4) is 0 Å². The van der Waals surface area contributed by atoms with Crippen LogP contribution in [0.4, 0.5) is 0 Å². The van der Waals surface area contributed by atoms with Crippen molar-refractivity contribution < 1.29 is 0 Å². The van der Waals surface area contributed by atoms with Gasteiger partial charge in [-0.1, -0.05) is 20.3 Å². The van der Waals surface area contributed by atoms with Gasteiger partial charge in [-0.2, -0.15) is 0 Å². The molecule has 2 rings (SSSR count). The summed E-state index contributed by atoms with van der Waals surface area (Å²) in [4.78, 5) is 2.72. The number of hydrogen-bond donors (Lipinski definition) is 1. The second-order valence-electron chi connectivity index (χ2n) is 6.56. The summed E-state index contributed by atoms with van der Waals surface area (Å²) in [5.41, 5.74) is 0.342. The molecule has 16 heavy (non-hydrogen) atoms. The first kappa shape index (κ1) is 12.4. The molecule has 94 valence electrons. The molecular formula is C14H28N2. The van der Waals surface area contributed by atoms with Gasteiger partial charge in [0.1, 0.15) is 0 Å². The molecule has 0 radical (unpaired) electrons. The van der Waals surface area contributed by atoms with Crippen LogP contribution in [0.15, 0.2) is 0 Å². The van der Waals surface area contributed by atoms with E-state index in [1.165, 1.54) is 32.4 Å². The van der Waals surface area contributed by atoms with Crippen molar-refractivity contribution in [3.8, 4) is 0 Å². The number of hydrogen-bond acceptors (Lipinski definition) is 2. The highest BCUT2D eigenvalue weighted by molar-refractivity contribution is 4.98. The molecule has 1 aliphatic heterocycles. The fourth-order valence-electron chi connectivity index (χ4n) is 2.68. The van der Waals surface area contributed by atoms with E-state index in [0.29, 0.717) is 5.54 Å². The van der Waals surface area contributed by atoms with E-state index in [9.17, 15) is 0 Å². The van der Waals surface area contributed by atoms with Crippen molar-refractivity contribution in [1.29, 1.82) is 0 Å². The molecule has 1 aliphatic carbocycles. The van der Waals surface area contributed by atoms with E-state index in [-0.39, 0.29) is 0 Å². The first-order valence-corrected chi connectivity index (χ1v) is 7.01. The van der Waals surface area contributed by atoms with Gasteiger partial charge in [-0.05, 0) is 38.5 Å². The molecule has 2 unspecified atom stereocenters. The molecule has 2 atom stereocenters. The average molecular weight is 224 g/mol. The molecule has 2 aliphatic rings. The lowest BCUT2D eigenvalue weighted by Gasteiger charge is -2.47. The Labute approximate surface area is 101 Å². The van der Waals surface area contributed by atoms with Gasteiger partial charge in [-0.15, -0.1) is 0 Å². The summed E-state index contributed by atoms with van der Waals surface area (Å²) >= 11 is 0. The third kappa shape index (κ3) is 2.78. The predicted octanol–water partition coefficient (Wildman–Crippen LogP) is 2.49. The number of nitrogens with zero attached hydrogens (tertiary/aromatic N) is 1. The zero-order valence-corrected chi connectivity index (χ0v) is 11.4. The van der Waals surface area contributed by atoms with Crippen molar-refractivity contribution in [3.05, 3.63) is 0 Å². The molecule has 0 amide bonds. The minimum Gasteiger partial charge on any atom is -0.311 e. The van der Waals surface area contributed by atoms with E-state index < -0.39 is 0 Å². The Morgan fingerprint density at radius 3 is 2.62 bits per heavy atom. The smallest absolute Gasteiger partial charge is 0.0278 e. The molecule has 0 aromatic rings. The van der Waals surface area contributed by atoms with Crippen LogP contribution in [-0.2, 0) is 0 Å². The maximum absolute atomic E-state index is 3.75. The van der Waals surface area contributed by atoms with Crippen LogP contribution in [0.1, 0.15) is 47.0 Å². The predicted molar refractivity (Wildman–Crippen MR) is 69.6 cm³/mol. The van der Waals surface area contributed by atoms with E-state index in [1.54, 1.807) is 0 Å². The van der Waals surface area contributed by atoms with Gasteiger partial charge >= 0.3 is 0 Å². The van der Waals surface area contributed by atoms with E-state index in [4.69, 9.17) is 0 Å². The van der Waals surface area contributed by atoms with E-state index in [0.717, 1.165) is 24.4 Å². The zero-order valence-electron chi connectivity index (χ0n) is 11.4. The van der Waals surface area contributed by atoms with Gasteiger partial charge in [0.25, 0.3) is 0 Å². The SMILES string of the molecule is CCC(C)CN1CC(C2CC2)NCC1(C)C. The average Bonchev–Trinajstić information content (AvgIpc) is 3.04. The molecule has 1 N–H and O–H groups in total. The molecule has 0 bridgehead atoms. The molecular weight excluding hydrogens is 196 g/mol. The highest BCUT2D eigenvalue weighted by Gasteiger charge is 2.40. The Morgan fingerprint density at radius 1 is 1.38 bits per heavy atom. The minimum atomic E-state index is 0.342. The molecule has 0 aromatic heterocycles. The highest BCUT2D eigenvalue weighted by atomic mass is 15.3. The summed E-state index contributed by atoms with van der Waals surface area (Å²) < 4.78 is 0. The minimum absolute atomic E-state index is 0.342. The molecule has 0 spiro atoms. The molecule has 1 saturated carbocycles. The standard InChI is InChI=1S/C14H28N2/c1-5-11(2)8-16-9-13(12-6-7-12)15-10-14(16,3)4/h11-13,15H,5-10H2,1-4H3. The summed E-state index contributed by atoms with van der Waals surface area (Å²) in [6.07, 6.45) is 4.21. The molecule has 2 fully saturated rings. The van der Waals surface area contributed by atoms with Gasteiger partial charge in [0.15, 0.2) is 0 Å². The summed E-state index contributed by atoms with van der Waals surface area (Å²) in [5.74, 6) is 1.81. The molecule has 1 heterocycles. The monoisotopic (exact) mass is 224 g/mol. The molecule has 2 heteroatoms.